The van der Waals surface area contributed by atoms with Crippen LogP contribution in [0.4, 0.5) is 0 Å². The zero-order valence-electron chi connectivity index (χ0n) is 14.9. The van der Waals surface area contributed by atoms with Gasteiger partial charge < -0.3 is 4.74 Å². The second kappa shape index (κ2) is 7.03. The molecule has 134 valence electrons. The van der Waals surface area contributed by atoms with Gasteiger partial charge in [0, 0.05) is 29.3 Å². The van der Waals surface area contributed by atoms with Crippen molar-refractivity contribution in [3.8, 4) is 5.69 Å². The van der Waals surface area contributed by atoms with E-state index >= 15 is 0 Å². The molecule has 0 fully saturated rings. The lowest BCUT2D eigenvalue weighted by atomic mass is 10.1. The molecule has 0 amide bonds. The lowest BCUT2D eigenvalue weighted by Crippen LogP contribution is -2.08. The largest absolute Gasteiger partial charge is 0.461 e. The highest BCUT2D eigenvalue weighted by molar-refractivity contribution is 6.15. The molecule has 5 nitrogen and oxygen atoms in total. The van der Waals surface area contributed by atoms with Gasteiger partial charge in [-0.2, -0.15) is 5.10 Å². The summed E-state index contributed by atoms with van der Waals surface area (Å²) in [7, 11) is 0. The second-order valence-corrected chi connectivity index (χ2v) is 6.27. The first-order valence-electron chi connectivity index (χ1n) is 8.82. The molecule has 0 spiro atoms. The summed E-state index contributed by atoms with van der Waals surface area (Å²) in [6.07, 6.45) is 4.06. The highest BCUT2D eigenvalue weighted by atomic mass is 16.5. The molecule has 1 aromatic heterocycles. The van der Waals surface area contributed by atoms with Gasteiger partial charge in [0.15, 0.2) is 11.5 Å². The molecule has 0 saturated heterocycles. The van der Waals surface area contributed by atoms with Crippen LogP contribution >= 0.6 is 0 Å². The Hall–Kier alpha value is -3.47. The third-order valence-corrected chi connectivity index (χ3v) is 4.50. The van der Waals surface area contributed by atoms with Gasteiger partial charge in [-0.25, -0.2) is 9.48 Å². The molecule has 1 aliphatic rings. The van der Waals surface area contributed by atoms with E-state index in [4.69, 9.17) is 4.74 Å². The summed E-state index contributed by atoms with van der Waals surface area (Å²) in [4.78, 5) is 25.0. The smallest absolute Gasteiger partial charge is 0.359 e. The summed E-state index contributed by atoms with van der Waals surface area (Å²) in [5, 5.41) is 4.40. The van der Waals surface area contributed by atoms with Gasteiger partial charge >= 0.3 is 5.97 Å². The first kappa shape index (κ1) is 17.0. The molecule has 0 bridgehead atoms. The zero-order chi connectivity index (χ0) is 18.8. The molecule has 4 rings (SSSR count). The number of allylic oxidation sites excluding steroid dienone is 1. The van der Waals surface area contributed by atoms with Gasteiger partial charge in [-0.15, -0.1) is 0 Å². The van der Waals surface area contributed by atoms with Crippen molar-refractivity contribution >= 4 is 17.8 Å². The number of ether oxygens (including phenoxy) is 1. The summed E-state index contributed by atoms with van der Waals surface area (Å²) in [6, 6.07) is 17.1. The lowest BCUT2D eigenvalue weighted by molar-refractivity contribution is 0.0518. The minimum absolute atomic E-state index is 0.00660. The predicted octanol–water partition coefficient (Wildman–Crippen LogP) is 3.87. The van der Waals surface area contributed by atoms with Crippen molar-refractivity contribution in [2.75, 3.05) is 6.61 Å². The molecule has 0 atom stereocenters. The summed E-state index contributed by atoms with van der Waals surface area (Å²) in [5.74, 6) is -0.505. The Kier molecular flexibility index (Phi) is 4.42. The van der Waals surface area contributed by atoms with Crippen molar-refractivity contribution in [1.82, 2.24) is 9.78 Å². The van der Waals surface area contributed by atoms with Crippen LogP contribution in [-0.2, 0) is 11.2 Å². The molecule has 0 N–H and O–H groups in total. The van der Waals surface area contributed by atoms with E-state index in [1.807, 2.05) is 54.6 Å². The van der Waals surface area contributed by atoms with Gasteiger partial charge in [0.1, 0.15) is 0 Å². The maximum atomic E-state index is 12.7. The third-order valence-electron chi connectivity index (χ3n) is 4.50. The average molecular weight is 358 g/mol. The predicted molar refractivity (Wildman–Crippen MR) is 102 cm³/mol. The first-order chi connectivity index (χ1) is 13.2. The van der Waals surface area contributed by atoms with Crippen LogP contribution < -0.4 is 0 Å². The summed E-state index contributed by atoms with van der Waals surface area (Å²) in [6.45, 7) is 2.01. The fraction of sp³-hybridized carbons (Fsp3) is 0.136. The van der Waals surface area contributed by atoms with Gasteiger partial charge in [0.2, 0.25) is 0 Å². The summed E-state index contributed by atoms with van der Waals surface area (Å²) in [5.41, 5.74) is 3.98. The number of hydrogen-bond acceptors (Lipinski definition) is 4. The minimum Gasteiger partial charge on any atom is -0.461 e. The number of carbonyl (C=O) groups excluding carboxylic acids is 2. The van der Waals surface area contributed by atoms with Crippen LogP contribution in [0.2, 0.25) is 0 Å². The van der Waals surface area contributed by atoms with E-state index in [9.17, 15) is 9.59 Å². The van der Waals surface area contributed by atoms with E-state index < -0.39 is 5.97 Å². The quantitative estimate of drug-likeness (QED) is 0.525. The number of rotatable bonds is 4. The SMILES string of the molecule is CCOC(=O)c1nn(-c2ccccc2)cc1/C=C1\Cc2ccccc2C1=O. The minimum atomic E-state index is -0.498. The van der Waals surface area contributed by atoms with Crippen LogP contribution in [-0.4, -0.2) is 28.1 Å². The number of Topliss-reactive ketones (excluding diaryl/α,β-unsaturated/α-hetero) is 1. The van der Waals surface area contributed by atoms with E-state index in [1.165, 1.54) is 0 Å². The summed E-state index contributed by atoms with van der Waals surface area (Å²) < 4.78 is 6.77. The topological polar surface area (TPSA) is 61.2 Å². The van der Waals surface area contributed by atoms with Crippen LogP contribution in [0, 0.1) is 0 Å². The molecule has 0 aliphatic heterocycles. The number of fused-ring (bicyclic) bond motifs is 1. The molecule has 1 heterocycles. The van der Waals surface area contributed by atoms with E-state index in [2.05, 4.69) is 5.10 Å². The van der Waals surface area contributed by atoms with E-state index in [1.54, 1.807) is 23.9 Å². The monoisotopic (exact) mass is 358 g/mol. The Labute approximate surface area is 156 Å². The number of para-hydroxylation sites is 1. The second-order valence-electron chi connectivity index (χ2n) is 6.27. The molecule has 3 aromatic rings. The van der Waals surface area contributed by atoms with E-state index in [0.717, 1.165) is 16.8 Å². The number of ketones is 1. The van der Waals surface area contributed by atoms with Crippen LogP contribution in [0.15, 0.2) is 66.4 Å². The standard InChI is InChI=1S/C22H18N2O3/c1-2-27-22(26)20-17(14-24(23-20)18-9-4-3-5-10-18)13-16-12-15-8-6-7-11-19(15)21(16)25/h3-11,13-14H,2,12H2,1H3/b16-13+. The molecule has 1 aliphatic carbocycles. The van der Waals surface area contributed by atoms with Crippen molar-refractivity contribution in [3.05, 3.63) is 88.8 Å². The van der Waals surface area contributed by atoms with Gasteiger partial charge in [-0.05, 0) is 30.7 Å². The molecule has 0 unspecified atom stereocenters. The molecule has 0 saturated carbocycles. The molecular weight excluding hydrogens is 340 g/mol. The highest BCUT2D eigenvalue weighted by Crippen LogP contribution is 2.28. The Morgan fingerprint density at radius 3 is 2.63 bits per heavy atom. The van der Waals surface area contributed by atoms with Crippen molar-refractivity contribution in [2.24, 2.45) is 0 Å². The van der Waals surface area contributed by atoms with Gasteiger partial charge in [-0.3, -0.25) is 4.79 Å². The van der Waals surface area contributed by atoms with Crippen molar-refractivity contribution < 1.29 is 14.3 Å². The Morgan fingerprint density at radius 2 is 1.89 bits per heavy atom. The average Bonchev–Trinajstić information content (AvgIpc) is 3.25. The molecular formula is C22H18N2O3. The van der Waals surface area contributed by atoms with Crippen molar-refractivity contribution in [1.29, 1.82) is 0 Å². The third kappa shape index (κ3) is 3.19. The number of nitrogens with zero attached hydrogens (tertiary/aromatic N) is 2. The number of carbonyl (C=O) groups is 2. The molecule has 2 aromatic carbocycles. The maximum absolute atomic E-state index is 12.7. The Bertz CT molecular complexity index is 1050. The Morgan fingerprint density at radius 1 is 1.15 bits per heavy atom. The van der Waals surface area contributed by atoms with Gasteiger partial charge in [0.25, 0.3) is 0 Å². The van der Waals surface area contributed by atoms with Crippen LogP contribution in [0.25, 0.3) is 11.8 Å². The fourth-order valence-electron chi connectivity index (χ4n) is 3.22. The fourth-order valence-corrected chi connectivity index (χ4v) is 3.22. The highest BCUT2D eigenvalue weighted by Gasteiger charge is 2.26. The van der Waals surface area contributed by atoms with Crippen LogP contribution in [0.5, 0.6) is 0 Å². The van der Waals surface area contributed by atoms with E-state index in [0.29, 0.717) is 17.6 Å². The van der Waals surface area contributed by atoms with Crippen LogP contribution in [0.3, 0.4) is 0 Å². The van der Waals surface area contributed by atoms with Crippen molar-refractivity contribution in [3.63, 3.8) is 0 Å². The number of benzene rings is 2. The normalized spacial score (nSPS) is 14.4. The maximum Gasteiger partial charge on any atom is 0.359 e. The number of aromatic nitrogens is 2. The lowest BCUT2D eigenvalue weighted by Gasteiger charge is -2.00. The Balaban J connectivity index is 1.77. The number of hydrogen-bond donors (Lipinski definition) is 0. The van der Waals surface area contributed by atoms with Crippen LogP contribution in [0.1, 0.15) is 38.9 Å². The zero-order valence-corrected chi connectivity index (χ0v) is 14.9. The molecule has 5 heteroatoms. The number of esters is 1. The molecule has 0 radical (unpaired) electrons. The first-order valence-corrected chi connectivity index (χ1v) is 8.82. The molecule has 27 heavy (non-hydrogen) atoms. The van der Waals surface area contributed by atoms with E-state index in [-0.39, 0.29) is 18.1 Å². The van der Waals surface area contributed by atoms with Gasteiger partial charge in [-0.1, -0.05) is 42.5 Å². The summed E-state index contributed by atoms with van der Waals surface area (Å²) >= 11 is 0. The van der Waals surface area contributed by atoms with Gasteiger partial charge in [0.05, 0.1) is 12.3 Å². The van der Waals surface area contributed by atoms with Crippen molar-refractivity contribution in [2.45, 2.75) is 13.3 Å².